The van der Waals surface area contributed by atoms with Gasteiger partial charge in [-0.05, 0) is 43.5 Å². The van der Waals surface area contributed by atoms with Gasteiger partial charge in [0.25, 0.3) is 0 Å². The molecule has 45 heavy (non-hydrogen) atoms. The molecule has 0 amide bonds. The van der Waals surface area contributed by atoms with Gasteiger partial charge < -0.3 is 9.29 Å². The molecule has 1 fully saturated rings. The number of halogens is 17. The molecule has 0 atom stereocenters. The average Bonchev–Trinajstić information content (AvgIpc) is 3.43. The van der Waals surface area contributed by atoms with Gasteiger partial charge in [0.15, 0.2) is 15.0 Å². The SMILES string of the molecule is CCCCOc1ccc([S+]2CCCC2)cc1.O=S(=O)([O-])C(F)(F)C(F)(F)C(F)(F)C(F)(F)C(F)(F)C(F)(F)C(F)(F)C(F)(F)F. The smallest absolute Gasteiger partial charge is 0.460 e. The first-order chi connectivity index (χ1) is 19.9. The molecule has 264 valence electrons. The topological polar surface area (TPSA) is 66.4 Å². The molecule has 1 saturated heterocycles. The molecule has 0 aromatic heterocycles. The summed E-state index contributed by atoms with van der Waals surface area (Å²) in [6.07, 6.45) is -2.72. The molecule has 1 aromatic rings. The van der Waals surface area contributed by atoms with Crippen LogP contribution in [0, 0.1) is 0 Å². The Morgan fingerprint density at radius 2 is 1.04 bits per heavy atom. The van der Waals surface area contributed by atoms with Gasteiger partial charge >= 0.3 is 47.0 Å². The Labute approximate surface area is 246 Å². The van der Waals surface area contributed by atoms with E-state index in [0.717, 1.165) is 18.8 Å². The molecule has 2 rings (SSSR count). The summed E-state index contributed by atoms with van der Waals surface area (Å²) >= 11 is 0. The van der Waals surface area contributed by atoms with Gasteiger partial charge in [-0.3, -0.25) is 0 Å². The number of ether oxygens (including phenoxy) is 1. The molecule has 1 aliphatic rings. The Hall–Kier alpha value is -1.91. The molecular weight excluding hydrogens is 715 g/mol. The normalized spacial score (nSPS) is 16.8. The van der Waals surface area contributed by atoms with Gasteiger partial charge in [0.2, 0.25) is 0 Å². The number of hydrogen-bond donors (Lipinski definition) is 0. The molecule has 1 aliphatic heterocycles. The highest BCUT2D eigenvalue weighted by Crippen LogP contribution is 2.64. The lowest BCUT2D eigenvalue weighted by molar-refractivity contribution is -0.458. The molecule has 23 heteroatoms. The van der Waals surface area contributed by atoms with E-state index in [9.17, 15) is 87.6 Å². The van der Waals surface area contributed by atoms with Crippen molar-refractivity contribution in [2.24, 2.45) is 0 Å². The predicted octanol–water partition coefficient (Wildman–Crippen LogP) is 8.14. The fourth-order valence-corrected chi connectivity index (χ4v) is 6.00. The van der Waals surface area contributed by atoms with E-state index >= 15 is 0 Å². The summed E-state index contributed by atoms with van der Waals surface area (Å²) in [4.78, 5) is 1.53. The van der Waals surface area contributed by atoms with E-state index in [1.54, 1.807) is 0 Å². The van der Waals surface area contributed by atoms with Crippen LogP contribution in [0.4, 0.5) is 74.6 Å². The zero-order chi connectivity index (χ0) is 35.7. The fraction of sp³-hybridized carbons (Fsp3) is 0.727. The van der Waals surface area contributed by atoms with Crippen LogP contribution < -0.4 is 4.74 Å². The molecule has 0 saturated carbocycles. The third-order valence-corrected chi connectivity index (χ3v) is 9.35. The lowest BCUT2D eigenvalue weighted by Crippen LogP contribution is -2.75. The van der Waals surface area contributed by atoms with Crippen molar-refractivity contribution in [3.63, 3.8) is 0 Å². The summed E-state index contributed by atoms with van der Waals surface area (Å²) in [6, 6.07) is 8.79. The lowest BCUT2D eigenvalue weighted by Gasteiger charge is -2.42. The van der Waals surface area contributed by atoms with Crippen LogP contribution in [0.3, 0.4) is 0 Å². The van der Waals surface area contributed by atoms with Crippen molar-refractivity contribution in [3.8, 4) is 5.75 Å². The van der Waals surface area contributed by atoms with Gasteiger partial charge in [0.1, 0.15) is 17.3 Å². The Morgan fingerprint density at radius 1 is 0.667 bits per heavy atom. The highest BCUT2D eigenvalue weighted by Gasteiger charge is 2.95. The van der Waals surface area contributed by atoms with E-state index in [0.29, 0.717) is 10.9 Å². The third kappa shape index (κ3) is 7.33. The Kier molecular flexibility index (Phi) is 12.2. The zero-order valence-electron chi connectivity index (χ0n) is 22.1. The quantitative estimate of drug-likeness (QED) is 0.0942. The van der Waals surface area contributed by atoms with Gasteiger partial charge in [-0.1, -0.05) is 13.3 Å². The standard InChI is InChI=1S/C14H21OS.C8HF17O3S/c1-2-3-10-15-13-6-8-14(9-7-13)16-11-4-5-12-16;9-1(10,3(13,14)5(17,18)7(21,22)23)2(11,12)4(15,16)6(19,20)8(24,25)29(26,27)28/h6-9H,2-5,10-12H2,1H3;(H,26,27,28)/q+1;/p-1. The second-order valence-electron chi connectivity index (χ2n) is 9.20. The van der Waals surface area contributed by atoms with E-state index in [-0.39, 0.29) is 0 Å². The number of rotatable bonds is 12. The van der Waals surface area contributed by atoms with Crippen molar-refractivity contribution in [2.45, 2.75) is 84.5 Å². The van der Waals surface area contributed by atoms with E-state index in [1.165, 1.54) is 35.7 Å². The van der Waals surface area contributed by atoms with Crippen molar-refractivity contribution in [2.75, 3.05) is 18.1 Å². The minimum absolute atomic E-state index is 0.538. The molecule has 1 heterocycles. The molecule has 0 spiro atoms. The monoisotopic (exact) mass is 736 g/mol. The van der Waals surface area contributed by atoms with Crippen LogP contribution in [0.15, 0.2) is 29.2 Å². The number of unbranched alkanes of at least 4 members (excludes halogenated alkanes) is 1. The minimum atomic E-state index is -8.92. The van der Waals surface area contributed by atoms with Crippen molar-refractivity contribution >= 4 is 21.0 Å². The Morgan fingerprint density at radius 3 is 1.40 bits per heavy atom. The van der Waals surface area contributed by atoms with Crippen molar-refractivity contribution in [1.82, 2.24) is 0 Å². The highest BCUT2D eigenvalue weighted by atomic mass is 32.2. The molecule has 0 radical (unpaired) electrons. The maximum absolute atomic E-state index is 13.0. The summed E-state index contributed by atoms with van der Waals surface area (Å²) < 4.78 is 250. The van der Waals surface area contributed by atoms with E-state index in [2.05, 4.69) is 31.2 Å². The summed E-state index contributed by atoms with van der Waals surface area (Å²) in [7, 11) is -7.61. The Balaban J connectivity index is 0.000000526. The van der Waals surface area contributed by atoms with Crippen molar-refractivity contribution in [3.05, 3.63) is 24.3 Å². The van der Waals surface area contributed by atoms with Gasteiger partial charge in [0.05, 0.1) is 6.61 Å². The van der Waals surface area contributed by atoms with Gasteiger partial charge in [0, 0.05) is 10.9 Å². The first-order valence-electron chi connectivity index (χ1n) is 12.0. The Bertz CT molecular complexity index is 1230. The van der Waals surface area contributed by atoms with E-state index in [1.807, 2.05) is 0 Å². The maximum Gasteiger partial charge on any atom is 0.460 e. The summed E-state index contributed by atoms with van der Waals surface area (Å²) in [5, 5.41) is -7.95. The van der Waals surface area contributed by atoms with Crippen LogP contribution in [0.1, 0.15) is 32.6 Å². The predicted molar refractivity (Wildman–Crippen MR) is 122 cm³/mol. The second-order valence-corrected chi connectivity index (χ2v) is 12.9. The number of benzene rings is 1. The highest BCUT2D eigenvalue weighted by molar-refractivity contribution is 7.97. The lowest BCUT2D eigenvalue weighted by atomic mass is 9.91. The average molecular weight is 737 g/mol. The zero-order valence-corrected chi connectivity index (χ0v) is 23.8. The van der Waals surface area contributed by atoms with Gasteiger partial charge in [-0.25, -0.2) is 8.42 Å². The van der Waals surface area contributed by atoms with Crippen LogP contribution in [-0.4, -0.2) is 78.0 Å². The number of hydrogen-bond acceptors (Lipinski definition) is 4. The van der Waals surface area contributed by atoms with Crippen molar-refractivity contribution < 1.29 is 92.3 Å². The summed E-state index contributed by atoms with van der Waals surface area (Å²) in [5.74, 6) is -48.3. The molecule has 1 aromatic carbocycles. The van der Waals surface area contributed by atoms with E-state index < -0.39 is 57.1 Å². The summed E-state index contributed by atoms with van der Waals surface area (Å²) in [6.45, 7) is 3.04. The van der Waals surface area contributed by atoms with Crippen LogP contribution in [0.5, 0.6) is 5.75 Å². The molecule has 0 N–H and O–H groups in total. The van der Waals surface area contributed by atoms with Crippen LogP contribution >= 0.6 is 0 Å². The van der Waals surface area contributed by atoms with Crippen LogP contribution in [0.25, 0.3) is 0 Å². The van der Waals surface area contributed by atoms with Gasteiger partial charge in [-0.2, -0.15) is 74.6 Å². The molecular formula is C22H21F17O4S2. The summed E-state index contributed by atoms with van der Waals surface area (Å²) in [5.41, 5.74) is 0. The fourth-order valence-electron chi connectivity index (χ4n) is 3.26. The third-order valence-electron chi connectivity index (χ3n) is 5.96. The van der Waals surface area contributed by atoms with E-state index in [4.69, 9.17) is 4.74 Å². The minimum Gasteiger partial charge on any atom is -0.743 e. The molecule has 0 unspecified atom stereocenters. The first kappa shape index (κ1) is 41.1. The molecule has 4 nitrogen and oxygen atoms in total. The first-order valence-corrected chi connectivity index (χ1v) is 14.9. The van der Waals surface area contributed by atoms with Crippen LogP contribution in [-0.2, 0) is 21.0 Å². The van der Waals surface area contributed by atoms with Gasteiger partial charge in [-0.15, -0.1) is 0 Å². The number of alkyl halides is 17. The molecule has 0 bridgehead atoms. The van der Waals surface area contributed by atoms with Crippen LogP contribution in [0.2, 0.25) is 0 Å². The second kappa shape index (κ2) is 13.3. The van der Waals surface area contributed by atoms with Crippen molar-refractivity contribution in [1.29, 1.82) is 0 Å². The largest absolute Gasteiger partial charge is 0.743 e. The maximum atomic E-state index is 13.0. The molecule has 0 aliphatic carbocycles.